The van der Waals surface area contributed by atoms with Crippen LogP contribution in [-0.2, 0) is 16.3 Å². The van der Waals surface area contributed by atoms with Gasteiger partial charge in [-0.2, -0.15) is 21.6 Å². The van der Waals surface area contributed by atoms with E-state index in [0.717, 1.165) is 25.6 Å². The summed E-state index contributed by atoms with van der Waals surface area (Å²) in [7, 11) is -2.83. The van der Waals surface area contributed by atoms with Gasteiger partial charge in [-0.15, -0.1) is 0 Å². The van der Waals surface area contributed by atoms with Crippen molar-refractivity contribution in [1.29, 1.82) is 0 Å². The van der Waals surface area contributed by atoms with Gasteiger partial charge in [0.25, 0.3) is 0 Å². The van der Waals surface area contributed by atoms with Gasteiger partial charge in [-0.25, -0.2) is 0 Å². The van der Waals surface area contributed by atoms with Gasteiger partial charge in [-0.3, -0.25) is 4.98 Å². The van der Waals surface area contributed by atoms with Crippen LogP contribution in [0.2, 0.25) is 0 Å². The van der Waals surface area contributed by atoms with Gasteiger partial charge in [0, 0.05) is 25.4 Å². The first-order valence-electron chi connectivity index (χ1n) is 4.06. The lowest BCUT2D eigenvalue weighted by Gasteiger charge is -2.07. The lowest BCUT2D eigenvalue weighted by Crippen LogP contribution is -2.10. The maximum Gasteiger partial charge on any atom is 0.433 e. The van der Waals surface area contributed by atoms with Gasteiger partial charge < -0.3 is 9.29 Å². The summed E-state index contributed by atoms with van der Waals surface area (Å²) < 4.78 is 61.9. The Bertz CT molecular complexity index is 458. The zero-order valence-corrected chi connectivity index (χ0v) is 9.71. The second-order valence-electron chi connectivity index (χ2n) is 2.66. The summed E-state index contributed by atoms with van der Waals surface area (Å²) in [5.41, 5.74) is -1.20. The highest BCUT2D eigenvalue weighted by molar-refractivity contribution is 7.86. The minimum atomic E-state index is -4.63. The fourth-order valence-corrected chi connectivity index (χ4v) is 1.25. The van der Waals surface area contributed by atoms with E-state index in [-0.39, 0.29) is 0 Å². The average Bonchev–Trinajstić information content (AvgIpc) is 2.17. The highest BCUT2D eigenvalue weighted by atomic mass is 32.2. The molecular weight excluding hydrogens is 263 g/mol. The van der Waals surface area contributed by atoms with Crippen molar-refractivity contribution in [3.8, 4) is 5.75 Å². The quantitative estimate of drug-likeness (QED) is 0.815. The standard InChI is InChI=1S/C7H6F3NO3S.CH4O/c1-15(12,13)14-5-2-3-11-6(4-5)7(8,9)10;1-2/h2-4H,1H3;2H,1H3. The SMILES string of the molecule is CO.CS(=O)(=O)Oc1ccnc(C(F)(F)F)c1. The zero-order valence-electron chi connectivity index (χ0n) is 8.89. The summed E-state index contributed by atoms with van der Waals surface area (Å²) in [5, 5.41) is 7.00. The molecule has 0 saturated heterocycles. The first-order valence-corrected chi connectivity index (χ1v) is 5.87. The van der Waals surface area contributed by atoms with Crippen LogP contribution in [0.4, 0.5) is 13.2 Å². The fourth-order valence-electron chi connectivity index (χ4n) is 0.793. The van der Waals surface area contributed by atoms with Gasteiger partial charge >= 0.3 is 16.3 Å². The highest BCUT2D eigenvalue weighted by Crippen LogP contribution is 2.29. The second kappa shape index (κ2) is 5.82. The monoisotopic (exact) mass is 273 g/mol. The van der Waals surface area contributed by atoms with Gasteiger partial charge in [0.2, 0.25) is 0 Å². The van der Waals surface area contributed by atoms with Gasteiger partial charge in [-0.05, 0) is 0 Å². The molecule has 1 heterocycles. The molecule has 98 valence electrons. The summed E-state index contributed by atoms with van der Waals surface area (Å²) in [6, 6.07) is 1.54. The molecule has 0 saturated carbocycles. The molecule has 1 aromatic heterocycles. The second-order valence-corrected chi connectivity index (χ2v) is 4.24. The Morgan fingerprint density at radius 1 is 1.35 bits per heavy atom. The summed E-state index contributed by atoms with van der Waals surface area (Å²) >= 11 is 0. The van der Waals surface area contributed by atoms with Gasteiger partial charge in [0.15, 0.2) is 0 Å². The molecule has 0 unspecified atom stereocenters. The van der Waals surface area contributed by atoms with E-state index in [4.69, 9.17) is 5.11 Å². The van der Waals surface area contributed by atoms with Crippen LogP contribution in [0.5, 0.6) is 5.75 Å². The molecule has 0 aliphatic rings. The number of aliphatic hydroxyl groups is 1. The number of alkyl halides is 3. The van der Waals surface area contributed by atoms with Crippen molar-refractivity contribution in [1.82, 2.24) is 4.98 Å². The third kappa shape index (κ3) is 6.07. The molecule has 0 spiro atoms. The van der Waals surface area contributed by atoms with Crippen molar-refractivity contribution in [2.45, 2.75) is 6.18 Å². The highest BCUT2D eigenvalue weighted by Gasteiger charge is 2.32. The first kappa shape index (κ1) is 15.6. The normalized spacial score (nSPS) is 11.4. The molecular formula is C8H10F3NO4S. The molecule has 1 N–H and O–H groups in total. The van der Waals surface area contributed by atoms with Crippen LogP contribution < -0.4 is 4.18 Å². The van der Waals surface area contributed by atoms with E-state index in [2.05, 4.69) is 9.17 Å². The predicted molar refractivity (Wildman–Crippen MR) is 52.9 cm³/mol. The molecule has 0 fully saturated rings. The molecule has 0 bridgehead atoms. The zero-order chi connectivity index (χ0) is 13.7. The summed E-state index contributed by atoms with van der Waals surface area (Å²) in [6.07, 6.45) is -3.07. The maximum absolute atomic E-state index is 12.1. The van der Waals surface area contributed by atoms with Crippen molar-refractivity contribution in [2.75, 3.05) is 13.4 Å². The maximum atomic E-state index is 12.1. The Morgan fingerprint density at radius 3 is 2.29 bits per heavy atom. The Kier molecular flexibility index (Phi) is 5.36. The van der Waals surface area contributed by atoms with Crippen molar-refractivity contribution in [3.05, 3.63) is 24.0 Å². The minimum Gasteiger partial charge on any atom is -0.400 e. The van der Waals surface area contributed by atoms with E-state index in [1.54, 1.807) is 0 Å². The molecule has 0 radical (unpaired) electrons. The molecule has 0 amide bonds. The number of nitrogens with zero attached hydrogens (tertiary/aromatic N) is 1. The smallest absolute Gasteiger partial charge is 0.400 e. The lowest BCUT2D eigenvalue weighted by atomic mass is 10.3. The van der Waals surface area contributed by atoms with Crippen molar-refractivity contribution < 1.29 is 30.9 Å². The van der Waals surface area contributed by atoms with E-state index >= 15 is 0 Å². The van der Waals surface area contributed by atoms with Crippen molar-refractivity contribution in [3.63, 3.8) is 0 Å². The average molecular weight is 273 g/mol. The number of rotatable bonds is 2. The van der Waals surface area contributed by atoms with Crippen LogP contribution >= 0.6 is 0 Å². The van der Waals surface area contributed by atoms with E-state index in [1.165, 1.54) is 0 Å². The number of hydrogen-bond acceptors (Lipinski definition) is 5. The van der Waals surface area contributed by atoms with Crippen LogP contribution in [0.15, 0.2) is 18.3 Å². The van der Waals surface area contributed by atoms with E-state index in [0.29, 0.717) is 6.07 Å². The van der Waals surface area contributed by atoms with Crippen LogP contribution in [0.3, 0.4) is 0 Å². The molecule has 9 heteroatoms. The molecule has 0 aromatic carbocycles. The number of aliphatic hydroxyl groups excluding tert-OH is 1. The number of halogens is 3. The molecule has 17 heavy (non-hydrogen) atoms. The van der Waals surface area contributed by atoms with E-state index in [9.17, 15) is 21.6 Å². The Hall–Kier alpha value is -1.35. The summed E-state index contributed by atoms with van der Waals surface area (Å²) in [6.45, 7) is 0. The van der Waals surface area contributed by atoms with Gasteiger partial charge in [0.05, 0.1) is 6.26 Å². The van der Waals surface area contributed by atoms with Crippen molar-refractivity contribution >= 4 is 10.1 Å². The Labute approximate surface area is 96.0 Å². The van der Waals surface area contributed by atoms with Crippen LogP contribution in [0, 0.1) is 0 Å². The molecule has 5 nitrogen and oxygen atoms in total. The molecule has 0 aliphatic carbocycles. The predicted octanol–water partition coefficient (Wildman–Crippen LogP) is 1.05. The van der Waals surface area contributed by atoms with Gasteiger partial charge in [-0.1, -0.05) is 0 Å². The minimum absolute atomic E-state index is 0.417. The molecule has 0 aliphatic heterocycles. The topological polar surface area (TPSA) is 76.5 Å². The first-order chi connectivity index (χ1) is 7.68. The number of pyridine rings is 1. The Balaban J connectivity index is 0.00000121. The third-order valence-electron chi connectivity index (χ3n) is 1.27. The lowest BCUT2D eigenvalue weighted by molar-refractivity contribution is -0.141. The molecule has 1 rings (SSSR count). The third-order valence-corrected chi connectivity index (χ3v) is 1.76. The molecule has 1 aromatic rings. The largest absolute Gasteiger partial charge is 0.433 e. The number of hydrogen-bond donors (Lipinski definition) is 1. The van der Waals surface area contributed by atoms with Gasteiger partial charge in [0.1, 0.15) is 11.4 Å². The van der Waals surface area contributed by atoms with E-state index < -0.39 is 27.7 Å². The van der Waals surface area contributed by atoms with Crippen LogP contribution in [-0.4, -0.2) is 31.9 Å². The van der Waals surface area contributed by atoms with E-state index in [1.807, 2.05) is 0 Å². The van der Waals surface area contributed by atoms with Crippen molar-refractivity contribution in [2.24, 2.45) is 0 Å². The fraction of sp³-hybridized carbons (Fsp3) is 0.375. The van der Waals surface area contributed by atoms with Crippen LogP contribution in [0.25, 0.3) is 0 Å². The summed E-state index contributed by atoms with van der Waals surface area (Å²) in [4.78, 5) is 3.04. The summed E-state index contributed by atoms with van der Waals surface area (Å²) in [5.74, 6) is -0.417. The molecule has 0 atom stereocenters. The van der Waals surface area contributed by atoms with Crippen LogP contribution in [0.1, 0.15) is 5.69 Å². The number of aromatic nitrogens is 1. The Morgan fingerprint density at radius 2 is 1.88 bits per heavy atom.